The zero-order valence-corrected chi connectivity index (χ0v) is 14.6. The highest BCUT2D eigenvalue weighted by Gasteiger charge is 2.21. The highest BCUT2D eigenvalue weighted by molar-refractivity contribution is 5.85. The quantitative estimate of drug-likeness (QED) is 0.805. The lowest BCUT2D eigenvalue weighted by Crippen LogP contribution is -2.34. The first kappa shape index (κ1) is 18.3. The van der Waals surface area contributed by atoms with Gasteiger partial charge in [-0.25, -0.2) is 0 Å². The Balaban J connectivity index is 0.00000208. The van der Waals surface area contributed by atoms with Crippen molar-refractivity contribution in [3.05, 3.63) is 59.7 Å². The summed E-state index contributed by atoms with van der Waals surface area (Å²) < 4.78 is 5.96. The van der Waals surface area contributed by atoms with Gasteiger partial charge in [0, 0.05) is 18.2 Å². The van der Waals surface area contributed by atoms with E-state index >= 15 is 0 Å². The van der Waals surface area contributed by atoms with E-state index < -0.39 is 0 Å². The van der Waals surface area contributed by atoms with Crippen LogP contribution < -0.4 is 15.4 Å². The molecule has 2 aromatic carbocycles. The highest BCUT2D eigenvalue weighted by Crippen LogP contribution is 2.26. The maximum absolute atomic E-state index is 11.9. The molecule has 1 aliphatic rings. The Morgan fingerprint density at radius 2 is 1.92 bits per heavy atom. The molecule has 0 unspecified atom stereocenters. The first-order valence-corrected chi connectivity index (χ1v) is 8.03. The zero-order chi connectivity index (χ0) is 16.1. The normalized spacial score (nSPS) is 13.0. The van der Waals surface area contributed by atoms with Crippen LogP contribution >= 0.6 is 12.4 Å². The molecule has 5 heteroatoms. The first-order valence-electron chi connectivity index (χ1n) is 8.03. The molecule has 0 aromatic heterocycles. The summed E-state index contributed by atoms with van der Waals surface area (Å²) in [6.45, 7) is 2.87. The van der Waals surface area contributed by atoms with Gasteiger partial charge in [-0.1, -0.05) is 30.3 Å². The van der Waals surface area contributed by atoms with E-state index in [4.69, 9.17) is 4.74 Å². The second-order valence-corrected chi connectivity index (χ2v) is 5.96. The van der Waals surface area contributed by atoms with Gasteiger partial charge in [0.05, 0.1) is 6.54 Å². The largest absolute Gasteiger partial charge is 0.457 e. The van der Waals surface area contributed by atoms with Crippen molar-refractivity contribution in [2.24, 2.45) is 0 Å². The number of nitrogens with one attached hydrogen (secondary N) is 2. The maximum Gasteiger partial charge on any atom is 0.234 e. The molecule has 0 atom stereocenters. The number of rotatable bonds is 7. The molecular formula is C19H23ClN2O2. The molecule has 0 spiro atoms. The third-order valence-electron chi connectivity index (χ3n) is 3.80. The predicted octanol–water partition coefficient (Wildman–Crippen LogP) is 3.58. The van der Waals surface area contributed by atoms with Gasteiger partial charge in [-0.05, 0) is 43.5 Å². The Labute approximate surface area is 149 Å². The van der Waals surface area contributed by atoms with Gasteiger partial charge in [0.1, 0.15) is 11.5 Å². The number of carbonyl (C=O) groups excluding carboxylic acids is 1. The number of ether oxygens (including phenoxy) is 1. The van der Waals surface area contributed by atoms with E-state index in [9.17, 15) is 4.79 Å². The van der Waals surface area contributed by atoms with Crippen molar-refractivity contribution >= 4 is 18.3 Å². The number of carbonyl (C=O) groups is 1. The number of hydrogen-bond acceptors (Lipinski definition) is 3. The van der Waals surface area contributed by atoms with Gasteiger partial charge in [-0.2, -0.15) is 0 Å². The van der Waals surface area contributed by atoms with Gasteiger partial charge >= 0.3 is 0 Å². The van der Waals surface area contributed by atoms with E-state index in [0.29, 0.717) is 19.1 Å². The molecule has 1 saturated carbocycles. The number of halogens is 1. The number of benzene rings is 2. The Morgan fingerprint density at radius 3 is 2.62 bits per heavy atom. The van der Waals surface area contributed by atoms with E-state index in [1.165, 1.54) is 12.8 Å². The minimum absolute atomic E-state index is 0. The molecule has 2 aromatic rings. The maximum atomic E-state index is 11.9. The summed E-state index contributed by atoms with van der Waals surface area (Å²) in [4.78, 5) is 11.9. The third-order valence-corrected chi connectivity index (χ3v) is 3.80. The lowest BCUT2D eigenvalue weighted by molar-refractivity contribution is -0.120. The summed E-state index contributed by atoms with van der Waals surface area (Å²) in [7, 11) is 0. The van der Waals surface area contributed by atoms with E-state index in [1.807, 2.05) is 55.5 Å². The molecular weight excluding hydrogens is 324 g/mol. The van der Waals surface area contributed by atoms with E-state index in [2.05, 4.69) is 10.6 Å². The molecule has 2 N–H and O–H groups in total. The van der Waals surface area contributed by atoms with Crippen LogP contribution in [0.15, 0.2) is 48.5 Å². The predicted molar refractivity (Wildman–Crippen MR) is 97.8 cm³/mol. The molecule has 1 amide bonds. The smallest absolute Gasteiger partial charge is 0.234 e. The monoisotopic (exact) mass is 346 g/mol. The first-order chi connectivity index (χ1) is 11.2. The fourth-order valence-electron chi connectivity index (χ4n) is 2.30. The van der Waals surface area contributed by atoms with Crippen molar-refractivity contribution < 1.29 is 9.53 Å². The van der Waals surface area contributed by atoms with Crippen LogP contribution in [0.4, 0.5) is 0 Å². The van der Waals surface area contributed by atoms with Crippen LogP contribution in [0, 0.1) is 6.92 Å². The van der Waals surface area contributed by atoms with Crippen molar-refractivity contribution in [1.82, 2.24) is 10.6 Å². The number of hydrogen-bond donors (Lipinski definition) is 2. The second kappa shape index (κ2) is 8.71. The van der Waals surface area contributed by atoms with Crippen LogP contribution in [-0.2, 0) is 11.3 Å². The Morgan fingerprint density at radius 1 is 1.17 bits per heavy atom. The lowest BCUT2D eigenvalue weighted by Gasteiger charge is -2.13. The molecule has 4 nitrogen and oxygen atoms in total. The molecule has 128 valence electrons. The SMILES string of the molecule is Cc1ccc(CNC(=O)CNC2CC2)c(Oc2ccccc2)c1.Cl. The van der Waals surface area contributed by atoms with Crippen molar-refractivity contribution in [3.8, 4) is 11.5 Å². The zero-order valence-electron chi connectivity index (χ0n) is 13.7. The van der Waals surface area contributed by atoms with Crippen LogP contribution in [-0.4, -0.2) is 18.5 Å². The minimum atomic E-state index is 0. The molecule has 24 heavy (non-hydrogen) atoms. The van der Waals surface area contributed by atoms with Crippen molar-refractivity contribution in [2.45, 2.75) is 32.4 Å². The van der Waals surface area contributed by atoms with E-state index in [1.54, 1.807) is 0 Å². The second-order valence-electron chi connectivity index (χ2n) is 5.96. The minimum Gasteiger partial charge on any atom is -0.457 e. The van der Waals surface area contributed by atoms with Crippen LogP contribution in [0.1, 0.15) is 24.0 Å². The average Bonchev–Trinajstić information content (AvgIpc) is 3.37. The Kier molecular flexibility index (Phi) is 6.64. The molecule has 1 fully saturated rings. The summed E-state index contributed by atoms with van der Waals surface area (Å²) in [5.74, 6) is 1.59. The summed E-state index contributed by atoms with van der Waals surface area (Å²) in [6.07, 6.45) is 2.36. The van der Waals surface area contributed by atoms with Crippen molar-refractivity contribution in [2.75, 3.05) is 6.54 Å². The number of amides is 1. The third kappa shape index (κ3) is 5.55. The molecule has 3 rings (SSSR count). The molecule has 0 saturated heterocycles. The lowest BCUT2D eigenvalue weighted by atomic mass is 10.1. The number of para-hydroxylation sites is 1. The summed E-state index contributed by atoms with van der Waals surface area (Å²) in [6, 6.07) is 16.2. The molecule has 0 aliphatic heterocycles. The van der Waals surface area contributed by atoms with Crippen molar-refractivity contribution in [3.63, 3.8) is 0 Å². The molecule has 1 aliphatic carbocycles. The van der Waals surface area contributed by atoms with Gasteiger partial charge in [0.2, 0.25) is 5.91 Å². The summed E-state index contributed by atoms with van der Waals surface area (Å²) in [5.41, 5.74) is 2.10. The number of aryl methyl sites for hydroxylation is 1. The van der Waals surface area contributed by atoms with Crippen LogP contribution in [0.2, 0.25) is 0 Å². The molecule has 0 bridgehead atoms. The van der Waals surface area contributed by atoms with Crippen LogP contribution in [0.25, 0.3) is 0 Å². The van der Waals surface area contributed by atoms with Gasteiger partial charge < -0.3 is 15.4 Å². The van der Waals surface area contributed by atoms with E-state index in [0.717, 1.165) is 22.6 Å². The molecule has 0 radical (unpaired) electrons. The highest BCUT2D eigenvalue weighted by atomic mass is 35.5. The summed E-state index contributed by atoms with van der Waals surface area (Å²) >= 11 is 0. The van der Waals surface area contributed by atoms with Gasteiger partial charge in [0.15, 0.2) is 0 Å². The van der Waals surface area contributed by atoms with Crippen LogP contribution in [0.5, 0.6) is 11.5 Å². The molecule has 0 heterocycles. The van der Waals surface area contributed by atoms with Gasteiger partial charge in [0.25, 0.3) is 0 Å². The van der Waals surface area contributed by atoms with Crippen molar-refractivity contribution in [1.29, 1.82) is 0 Å². The standard InChI is InChI=1S/C19H22N2O2.ClH/c1-14-7-8-15(12-21-19(22)13-20-16-9-10-16)18(11-14)23-17-5-3-2-4-6-17;/h2-8,11,16,20H,9-10,12-13H2,1H3,(H,21,22);1H. The van der Waals surface area contributed by atoms with E-state index in [-0.39, 0.29) is 18.3 Å². The topological polar surface area (TPSA) is 50.4 Å². The Hall–Kier alpha value is -2.04. The summed E-state index contributed by atoms with van der Waals surface area (Å²) in [5, 5.41) is 6.16. The van der Waals surface area contributed by atoms with Crippen LogP contribution in [0.3, 0.4) is 0 Å². The Bertz CT molecular complexity index is 672. The average molecular weight is 347 g/mol. The fraction of sp³-hybridized carbons (Fsp3) is 0.316. The van der Waals surface area contributed by atoms with Gasteiger partial charge in [-0.15, -0.1) is 12.4 Å². The fourth-order valence-corrected chi connectivity index (χ4v) is 2.30. The van der Waals surface area contributed by atoms with Gasteiger partial charge in [-0.3, -0.25) is 4.79 Å².